The largest absolute Gasteiger partial charge is 0.483 e. The third-order valence-corrected chi connectivity index (χ3v) is 4.42. The first-order chi connectivity index (χ1) is 13.9. The maximum atomic E-state index is 12.6. The second-order valence-electron chi connectivity index (χ2n) is 6.56. The van der Waals surface area contributed by atoms with E-state index in [1.54, 1.807) is 24.7 Å². The molecule has 0 spiro atoms. The zero-order valence-electron chi connectivity index (χ0n) is 15.3. The predicted octanol–water partition coefficient (Wildman–Crippen LogP) is 3.14. The van der Waals surface area contributed by atoms with Crippen molar-refractivity contribution < 1.29 is 22.7 Å². The lowest BCUT2D eigenvalue weighted by Gasteiger charge is -2.32. The van der Waals surface area contributed by atoms with Gasteiger partial charge in [-0.3, -0.25) is 9.78 Å². The van der Waals surface area contributed by atoms with Gasteiger partial charge < -0.3 is 15.0 Å². The van der Waals surface area contributed by atoms with E-state index in [9.17, 15) is 23.2 Å². The van der Waals surface area contributed by atoms with Crippen molar-refractivity contribution in [2.24, 2.45) is 5.92 Å². The number of halogens is 3. The smallest absolute Gasteiger partial charge is 0.422 e. The van der Waals surface area contributed by atoms with Crippen LogP contribution in [0.25, 0.3) is 0 Å². The maximum absolute atomic E-state index is 12.6. The Balaban J connectivity index is 1.65. The van der Waals surface area contributed by atoms with Gasteiger partial charge in [0.2, 0.25) is 5.91 Å². The molecule has 1 aromatic heterocycles. The zero-order chi connectivity index (χ0) is 20.9. The number of piperidine rings is 1. The SMILES string of the molecule is N#Cc1cc(NC(=O)C2CCCN(c3cnccn3)C2)ccc1OCC(F)(F)F. The Morgan fingerprint density at radius 2 is 2.21 bits per heavy atom. The van der Waals surface area contributed by atoms with Crippen molar-refractivity contribution in [3.63, 3.8) is 0 Å². The number of carbonyl (C=O) groups is 1. The van der Waals surface area contributed by atoms with Crippen LogP contribution in [-0.4, -0.2) is 41.7 Å². The number of nitrogens with zero attached hydrogens (tertiary/aromatic N) is 4. The highest BCUT2D eigenvalue weighted by Crippen LogP contribution is 2.26. The Morgan fingerprint density at radius 3 is 2.90 bits per heavy atom. The number of anilines is 2. The van der Waals surface area contributed by atoms with Gasteiger partial charge in [0.05, 0.1) is 17.7 Å². The molecule has 2 aromatic rings. The molecule has 3 rings (SSSR count). The van der Waals surface area contributed by atoms with Gasteiger partial charge >= 0.3 is 6.18 Å². The minimum atomic E-state index is -4.50. The van der Waals surface area contributed by atoms with Gasteiger partial charge in [0.15, 0.2) is 6.61 Å². The lowest BCUT2D eigenvalue weighted by molar-refractivity contribution is -0.153. The van der Waals surface area contributed by atoms with Crippen LogP contribution < -0.4 is 15.0 Å². The van der Waals surface area contributed by atoms with E-state index >= 15 is 0 Å². The van der Waals surface area contributed by atoms with Crippen molar-refractivity contribution in [2.45, 2.75) is 19.0 Å². The normalized spacial score (nSPS) is 16.8. The van der Waals surface area contributed by atoms with Gasteiger partial charge in [-0.15, -0.1) is 0 Å². The molecule has 1 aromatic carbocycles. The van der Waals surface area contributed by atoms with Crippen LogP contribution in [0, 0.1) is 17.2 Å². The highest BCUT2D eigenvalue weighted by atomic mass is 19.4. The number of carbonyl (C=O) groups excluding carboxylic acids is 1. The van der Waals surface area contributed by atoms with E-state index in [0.717, 1.165) is 13.0 Å². The van der Waals surface area contributed by atoms with E-state index in [0.29, 0.717) is 24.5 Å². The molecule has 1 aliphatic heterocycles. The second-order valence-corrected chi connectivity index (χ2v) is 6.56. The molecule has 0 aliphatic carbocycles. The first-order valence-corrected chi connectivity index (χ1v) is 8.91. The molecule has 1 amide bonds. The van der Waals surface area contributed by atoms with E-state index in [4.69, 9.17) is 0 Å². The van der Waals surface area contributed by atoms with E-state index in [2.05, 4.69) is 20.0 Å². The molecule has 1 aliphatic rings. The van der Waals surface area contributed by atoms with E-state index in [1.807, 2.05) is 4.90 Å². The fourth-order valence-corrected chi connectivity index (χ4v) is 3.08. The molecule has 1 atom stereocenters. The summed E-state index contributed by atoms with van der Waals surface area (Å²) >= 11 is 0. The molecule has 1 saturated heterocycles. The van der Waals surface area contributed by atoms with Crippen LogP contribution in [0.3, 0.4) is 0 Å². The number of rotatable bonds is 5. The Kier molecular flexibility index (Phi) is 6.16. The summed E-state index contributed by atoms with van der Waals surface area (Å²) in [7, 11) is 0. The molecular formula is C19H18F3N5O2. The average molecular weight is 405 g/mol. The summed E-state index contributed by atoms with van der Waals surface area (Å²) in [5, 5.41) is 11.9. The average Bonchev–Trinajstić information content (AvgIpc) is 2.72. The molecule has 0 bridgehead atoms. The van der Waals surface area contributed by atoms with Gasteiger partial charge in [-0.25, -0.2) is 4.98 Å². The third kappa shape index (κ3) is 5.57. The van der Waals surface area contributed by atoms with Gasteiger partial charge in [0.1, 0.15) is 17.6 Å². The second kappa shape index (κ2) is 8.77. The minimum absolute atomic E-state index is 0.0862. The highest BCUT2D eigenvalue weighted by molar-refractivity contribution is 5.93. The number of hydrogen-bond acceptors (Lipinski definition) is 6. The van der Waals surface area contributed by atoms with Crippen molar-refractivity contribution in [1.82, 2.24) is 9.97 Å². The zero-order valence-corrected chi connectivity index (χ0v) is 15.3. The molecule has 1 fully saturated rings. The first-order valence-electron chi connectivity index (χ1n) is 8.91. The molecule has 1 N–H and O–H groups in total. The van der Waals surface area contributed by atoms with E-state index in [-0.39, 0.29) is 23.1 Å². The Hall–Kier alpha value is -3.35. The van der Waals surface area contributed by atoms with Crippen molar-refractivity contribution in [2.75, 3.05) is 29.9 Å². The van der Waals surface area contributed by atoms with Gasteiger partial charge in [0, 0.05) is 31.2 Å². The van der Waals surface area contributed by atoms with Crippen LogP contribution in [0.1, 0.15) is 18.4 Å². The van der Waals surface area contributed by atoms with E-state index in [1.165, 1.54) is 18.2 Å². The van der Waals surface area contributed by atoms with Crippen LogP contribution in [0.4, 0.5) is 24.7 Å². The molecule has 1 unspecified atom stereocenters. The van der Waals surface area contributed by atoms with Crippen molar-refractivity contribution in [3.05, 3.63) is 42.4 Å². The number of aromatic nitrogens is 2. The number of alkyl halides is 3. The fourth-order valence-electron chi connectivity index (χ4n) is 3.08. The minimum Gasteiger partial charge on any atom is -0.483 e. The molecule has 0 saturated carbocycles. The summed E-state index contributed by atoms with van der Waals surface area (Å²) in [5.74, 6) is -0.0128. The Bertz CT molecular complexity index is 899. The maximum Gasteiger partial charge on any atom is 0.422 e. The van der Waals surface area contributed by atoms with Gasteiger partial charge in [-0.1, -0.05) is 0 Å². The van der Waals surface area contributed by atoms with Crippen molar-refractivity contribution in [1.29, 1.82) is 5.26 Å². The molecule has 2 heterocycles. The molecule has 29 heavy (non-hydrogen) atoms. The molecule has 7 nitrogen and oxygen atoms in total. The number of nitriles is 1. The standard InChI is InChI=1S/C19H18F3N5O2/c20-19(21,22)12-29-16-4-3-15(8-14(16)9-23)26-18(28)13-2-1-7-27(11-13)17-10-24-5-6-25-17/h3-6,8,10,13H,1-2,7,11-12H2,(H,26,28). The first kappa shape index (κ1) is 20.4. The number of nitrogens with one attached hydrogen (secondary N) is 1. The Labute approximate surface area is 165 Å². The molecule has 152 valence electrons. The van der Waals surface area contributed by atoms with Gasteiger partial charge in [0.25, 0.3) is 0 Å². The van der Waals surface area contributed by atoms with Gasteiger partial charge in [-0.05, 0) is 31.0 Å². The fraction of sp³-hybridized carbons (Fsp3) is 0.368. The summed E-state index contributed by atoms with van der Waals surface area (Å²) < 4.78 is 41.6. The lowest BCUT2D eigenvalue weighted by atomic mass is 9.97. The van der Waals surface area contributed by atoms with Crippen LogP contribution in [-0.2, 0) is 4.79 Å². The highest BCUT2D eigenvalue weighted by Gasteiger charge is 2.29. The van der Waals surface area contributed by atoms with Crippen LogP contribution in [0.2, 0.25) is 0 Å². The summed E-state index contributed by atoms with van der Waals surface area (Å²) in [6, 6.07) is 5.74. The van der Waals surface area contributed by atoms with Crippen LogP contribution in [0.5, 0.6) is 5.75 Å². The number of amides is 1. The molecular weight excluding hydrogens is 387 g/mol. The third-order valence-electron chi connectivity index (χ3n) is 4.42. The number of hydrogen-bond donors (Lipinski definition) is 1. The summed E-state index contributed by atoms with van der Waals surface area (Å²) in [6.07, 6.45) is 1.80. The molecule has 0 radical (unpaired) electrons. The van der Waals surface area contributed by atoms with Crippen molar-refractivity contribution >= 4 is 17.4 Å². The van der Waals surface area contributed by atoms with Crippen LogP contribution >= 0.6 is 0 Å². The predicted molar refractivity (Wildman–Crippen MR) is 98.3 cm³/mol. The number of benzene rings is 1. The summed E-state index contributed by atoms with van der Waals surface area (Å²) in [5.41, 5.74) is 0.236. The Morgan fingerprint density at radius 1 is 1.38 bits per heavy atom. The summed E-state index contributed by atoms with van der Waals surface area (Å²) in [6.45, 7) is -0.248. The summed E-state index contributed by atoms with van der Waals surface area (Å²) in [4.78, 5) is 22.9. The lowest BCUT2D eigenvalue weighted by Crippen LogP contribution is -2.41. The van der Waals surface area contributed by atoms with Gasteiger partial charge in [-0.2, -0.15) is 18.4 Å². The quantitative estimate of drug-likeness (QED) is 0.822. The van der Waals surface area contributed by atoms with E-state index < -0.39 is 12.8 Å². The van der Waals surface area contributed by atoms with Crippen molar-refractivity contribution in [3.8, 4) is 11.8 Å². The van der Waals surface area contributed by atoms with Crippen LogP contribution in [0.15, 0.2) is 36.8 Å². The monoisotopic (exact) mass is 405 g/mol. The molecule has 10 heteroatoms. The topological polar surface area (TPSA) is 91.1 Å². The number of ether oxygens (including phenoxy) is 1.